The van der Waals surface area contributed by atoms with Crippen molar-refractivity contribution in [3.05, 3.63) is 0 Å². The highest BCUT2D eigenvalue weighted by Gasteiger charge is 2.24. The number of carbonyl (C=O) groups excluding carboxylic acids is 1. The molecule has 16 heavy (non-hydrogen) atoms. The molecule has 0 bridgehead atoms. The number of hydrogen-bond donors (Lipinski definition) is 2. The van der Waals surface area contributed by atoms with Gasteiger partial charge < -0.3 is 10.6 Å². The van der Waals surface area contributed by atoms with E-state index in [1.165, 1.54) is 25.7 Å². The van der Waals surface area contributed by atoms with Crippen LogP contribution in [0.3, 0.4) is 0 Å². The van der Waals surface area contributed by atoms with Gasteiger partial charge in [0.25, 0.3) is 0 Å². The lowest BCUT2D eigenvalue weighted by atomic mass is 9.99. The van der Waals surface area contributed by atoms with E-state index in [1.54, 1.807) is 0 Å². The lowest BCUT2D eigenvalue weighted by Crippen LogP contribution is -2.47. The Balaban J connectivity index is 2.29. The van der Waals surface area contributed by atoms with Gasteiger partial charge in [-0.05, 0) is 32.6 Å². The molecule has 1 aliphatic rings. The molecule has 0 spiro atoms. The maximum absolute atomic E-state index is 11.6. The Morgan fingerprint density at radius 1 is 1.44 bits per heavy atom. The molecule has 1 amide bonds. The van der Waals surface area contributed by atoms with E-state index in [1.807, 2.05) is 6.92 Å². The van der Waals surface area contributed by atoms with Crippen molar-refractivity contribution in [2.45, 2.75) is 51.6 Å². The van der Waals surface area contributed by atoms with Gasteiger partial charge in [0.05, 0.1) is 12.6 Å². The van der Waals surface area contributed by atoms with Gasteiger partial charge in [-0.1, -0.05) is 18.8 Å². The molecule has 0 radical (unpaired) electrons. The van der Waals surface area contributed by atoms with E-state index in [0.29, 0.717) is 12.6 Å². The van der Waals surface area contributed by atoms with Crippen LogP contribution in [0, 0.1) is 18.3 Å². The minimum atomic E-state index is -0.163. The van der Waals surface area contributed by atoms with E-state index in [0.717, 1.165) is 5.92 Å². The van der Waals surface area contributed by atoms with Crippen molar-refractivity contribution in [2.24, 2.45) is 5.92 Å². The molecule has 1 aliphatic carbocycles. The molecule has 3 nitrogen and oxygen atoms in total. The third-order valence-electron chi connectivity index (χ3n) is 3.38. The summed E-state index contributed by atoms with van der Waals surface area (Å²) in [4.78, 5) is 11.6. The maximum atomic E-state index is 11.6. The second kappa shape index (κ2) is 6.55. The van der Waals surface area contributed by atoms with Crippen molar-refractivity contribution < 1.29 is 4.79 Å². The minimum absolute atomic E-state index is 0.0113. The Kier molecular flexibility index (Phi) is 5.34. The van der Waals surface area contributed by atoms with Crippen LogP contribution >= 0.6 is 0 Å². The first-order chi connectivity index (χ1) is 7.65. The van der Waals surface area contributed by atoms with E-state index in [-0.39, 0.29) is 11.9 Å². The molecule has 1 fully saturated rings. The monoisotopic (exact) mass is 222 g/mol. The second-order valence-electron chi connectivity index (χ2n) is 4.64. The third kappa shape index (κ3) is 3.86. The van der Waals surface area contributed by atoms with Gasteiger partial charge in [0.2, 0.25) is 5.91 Å². The van der Waals surface area contributed by atoms with Crippen LogP contribution in [0.15, 0.2) is 0 Å². The van der Waals surface area contributed by atoms with Gasteiger partial charge in [-0.2, -0.15) is 0 Å². The normalized spacial score (nSPS) is 20.1. The first-order valence-corrected chi connectivity index (χ1v) is 6.12. The van der Waals surface area contributed by atoms with Crippen molar-refractivity contribution in [2.75, 3.05) is 6.54 Å². The zero-order valence-corrected chi connectivity index (χ0v) is 10.3. The van der Waals surface area contributed by atoms with E-state index >= 15 is 0 Å². The first kappa shape index (κ1) is 13.1. The molecular weight excluding hydrogens is 200 g/mol. The molecule has 0 aromatic carbocycles. The number of nitrogens with one attached hydrogen (secondary N) is 2. The molecular formula is C13H22N2O. The summed E-state index contributed by atoms with van der Waals surface area (Å²) >= 11 is 0. The molecule has 0 aromatic rings. The fraction of sp³-hybridized carbons (Fsp3) is 0.769. The van der Waals surface area contributed by atoms with Gasteiger partial charge in [-0.15, -0.1) is 6.42 Å². The summed E-state index contributed by atoms with van der Waals surface area (Å²) < 4.78 is 0. The van der Waals surface area contributed by atoms with Gasteiger partial charge in [0.1, 0.15) is 0 Å². The lowest BCUT2D eigenvalue weighted by Gasteiger charge is -2.24. The maximum Gasteiger partial charge on any atom is 0.237 e. The highest BCUT2D eigenvalue weighted by Crippen LogP contribution is 2.27. The largest absolute Gasteiger partial charge is 0.344 e. The molecule has 0 aromatic heterocycles. The predicted molar refractivity (Wildman–Crippen MR) is 65.9 cm³/mol. The van der Waals surface area contributed by atoms with Gasteiger partial charge >= 0.3 is 0 Å². The van der Waals surface area contributed by atoms with E-state index in [9.17, 15) is 4.79 Å². The molecule has 2 N–H and O–H groups in total. The quantitative estimate of drug-likeness (QED) is 0.688. The van der Waals surface area contributed by atoms with E-state index in [4.69, 9.17) is 6.42 Å². The number of terminal acetylenes is 1. The fourth-order valence-electron chi connectivity index (χ4n) is 2.35. The average Bonchev–Trinajstić information content (AvgIpc) is 2.79. The Bertz CT molecular complexity index is 264. The van der Waals surface area contributed by atoms with Crippen molar-refractivity contribution in [3.8, 4) is 12.3 Å². The number of rotatable bonds is 5. The topological polar surface area (TPSA) is 41.1 Å². The number of amides is 1. The lowest BCUT2D eigenvalue weighted by molar-refractivity contribution is -0.122. The SMILES string of the molecule is C#CCNC(=O)C(C)N[C@H](C)C1CCCC1. The van der Waals surface area contributed by atoms with Gasteiger partial charge in [0.15, 0.2) is 0 Å². The Labute approximate surface area is 98.4 Å². The Morgan fingerprint density at radius 2 is 2.06 bits per heavy atom. The molecule has 90 valence electrons. The Morgan fingerprint density at radius 3 is 2.62 bits per heavy atom. The Hall–Kier alpha value is -1.01. The first-order valence-electron chi connectivity index (χ1n) is 6.12. The van der Waals surface area contributed by atoms with Crippen molar-refractivity contribution in [1.29, 1.82) is 0 Å². The van der Waals surface area contributed by atoms with E-state index < -0.39 is 0 Å². The standard InChI is InChI=1S/C13H22N2O/c1-4-9-14-13(16)11(3)15-10(2)12-7-5-6-8-12/h1,10-12,15H,5-9H2,2-3H3,(H,14,16)/t10-,11?/m1/s1. The van der Waals surface area contributed by atoms with Crippen LogP contribution < -0.4 is 10.6 Å². The molecule has 1 saturated carbocycles. The molecule has 0 aliphatic heterocycles. The van der Waals surface area contributed by atoms with Gasteiger partial charge in [0, 0.05) is 6.04 Å². The van der Waals surface area contributed by atoms with Gasteiger partial charge in [-0.25, -0.2) is 0 Å². The van der Waals surface area contributed by atoms with Crippen LogP contribution in [-0.2, 0) is 4.79 Å². The summed E-state index contributed by atoms with van der Waals surface area (Å²) in [5.41, 5.74) is 0. The fourth-order valence-corrected chi connectivity index (χ4v) is 2.35. The smallest absolute Gasteiger partial charge is 0.237 e. The molecule has 0 heterocycles. The van der Waals surface area contributed by atoms with Gasteiger partial charge in [-0.3, -0.25) is 4.79 Å². The summed E-state index contributed by atoms with van der Waals surface area (Å²) in [5, 5.41) is 6.04. The molecule has 1 rings (SSSR count). The molecule has 1 unspecified atom stereocenters. The zero-order chi connectivity index (χ0) is 12.0. The van der Waals surface area contributed by atoms with Crippen molar-refractivity contribution in [3.63, 3.8) is 0 Å². The van der Waals surface area contributed by atoms with Crippen LogP contribution in [0.5, 0.6) is 0 Å². The number of carbonyl (C=O) groups is 1. The highest BCUT2D eigenvalue weighted by atomic mass is 16.2. The minimum Gasteiger partial charge on any atom is -0.344 e. The van der Waals surface area contributed by atoms with Crippen LogP contribution in [0.1, 0.15) is 39.5 Å². The van der Waals surface area contributed by atoms with Crippen molar-refractivity contribution >= 4 is 5.91 Å². The summed E-state index contributed by atoms with van der Waals surface area (Å²) in [5.74, 6) is 3.12. The number of hydrogen-bond acceptors (Lipinski definition) is 2. The molecule has 2 atom stereocenters. The predicted octanol–water partition coefficient (Wildman–Crippen LogP) is 1.29. The van der Waals surface area contributed by atoms with E-state index in [2.05, 4.69) is 23.5 Å². The van der Waals surface area contributed by atoms with Crippen LogP contribution in [0.2, 0.25) is 0 Å². The zero-order valence-electron chi connectivity index (χ0n) is 10.3. The molecule has 0 saturated heterocycles. The van der Waals surface area contributed by atoms with Crippen molar-refractivity contribution in [1.82, 2.24) is 10.6 Å². The summed E-state index contributed by atoms with van der Waals surface area (Å²) in [6.07, 6.45) is 10.3. The molecule has 3 heteroatoms. The summed E-state index contributed by atoms with van der Waals surface area (Å²) in [6.45, 7) is 4.36. The summed E-state index contributed by atoms with van der Waals surface area (Å²) in [7, 11) is 0. The second-order valence-corrected chi connectivity index (χ2v) is 4.64. The third-order valence-corrected chi connectivity index (χ3v) is 3.38. The van der Waals surface area contributed by atoms with Crippen LogP contribution in [0.25, 0.3) is 0 Å². The van der Waals surface area contributed by atoms with Crippen LogP contribution in [0.4, 0.5) is 0 Å². The van der Waals surface area contributed by atoms with Crippen LogP contribution in [-0.4, -0.2) is 24.5 Å². The average molecular weight is 222 g/mol. The summed E-state index contributed by atoms with van der Waals surface area (Å²) in [6, 6.07) is 0.248. The highest BCUT2D eigenvalue weighted by molar-refractivity contribution is 5.81.